The summed E-state index contributed by atoms with van der Waals surface area (Å²) in [7, 11) is 0. The number of aromatic hydroxyl groups is 1. The second-order valence-electron chi connectivity index (χ2n) is 2.33. The van der Waals surface area contributed by atoms with Gasteiger partial charge < -0.3 is 16.7 Å². The Bertz CT molecular complexity index is 288. The molecule has 0 amide bonds. The van der Waals surface area contributed by atoms with E-state index in [4.69, 9.17) is 15.3 Å². The molecule has 1 aromatic carbocycles. The van der Waals surface area contributed by atoms with Gasteiger partial charge in [-0.2, -0.15) is 0 Å². The van der Waals surface area contributed by atoms with E-state index in [1.54, 1.807) is 0 Å². The molecule has 0 radical (unpaired) electrons. The van der Waals surface area contributed by atoms with Crippen LogP contribution in [0.2, 0.25) is 0 Å². The Morgan fingerprint density at radius 1 is 1.31 bits per heavy atom. The van der Waals surface area contributed by atoms with Crippen molar-refractivity contribution in [3.05, 3.63) is 29.8 Å². The van der Waals surface area contributed by atoms with Gasteiger partial charge in [-0.1, -0.05) is 12.1 Å². The van der Waals surface area contributed by atoms with Crippen LogP contribution in [0.5, 0.6) is 5.75 Å². The molecule has 0 aliphatic heterocycles. The fourth-order valence-electron chi connectivity index (χ4n) is 0.799. The fraction of sp³-hybridized carbons (Fsp3) is 0.125. The first kappa shape index (κ1) is 12.4. The Kier molecular flexibility index (Phi) is 5.02. The van der Waals surface area contributed by atoms with Crippen molar-refractivity contribution in [1.82, 2.24) is 0 Å². The third-order valence-electron chi connectivity index (χ3n) is 1.44. The van der Waals surface area contributed by atoms with Gasteiger partial charge in [-0.3, -0.25) is 0 Å². The van der Waals surface area contributed by atoms with Gasteiger partial charge in [0.05, 0.1) is 0 Å². The van der Waals surface area contributed by atoms with E-state index >= 15 is 0 Å². The van der Waals surface area contributed by atoms with E-state index in [1.807, 2.05) is 0 Å². The number of carboxylic acids is 1. The molecule has 0 aromatic heterocycles. The monoisotopic (exact) mass is 192 g/mol. The quantitative estimate of drug-likeness (QED) is 0.457. The molecule has 3 N–H and O–H groups in total. The van der Waals surface area contributed by atoms with Crippen molar-refractivity contribution in [3.63, 3.8) is 0 Å². The maximum Gasteiger partial charge on any atom is 1.00 e. The first-order valence-electron chi connectivity index (χ1n) is 3.31. The SMILES string of the molecule is O=C(O)[C@H](O)c1ccc(O)cc1.[H-].[Na+]. The Labute approximate surface area is 98.6 Å². The number of hydrogen-bond donors (Lipinski definition) is 3. The molecule has 66 valence electrons. The zero-order valence-corrected chi connectivity index (χ0v) is 9.14. The van der Waals surface area contributed by atoms with Crippen molar-refractivity contribution in [2.24, 2.45) is 0 Å². The normalized spacial score (nSPS) is 11.5. The van der Waals surface area contributed by atoms with E-state index in [9.17, 15) is 4.79 Å². The molecule has 1 rings (SSSR count). The molecule has 0 fully saturated rings. The maximum absolute atomic E-state index is 10.3. The van der Waals surface area contributed by atoms with Crippen molar-refractivity contribution in [2.45, 2.75) is 6.10 Å². The summed E-state index contributed by atoms with van der Waals surface area (Å²) in [6.45, 7) is 0. The zero-order chi connectivity index (χ0) is 9.14. The van der Waals surface area contributed by atoms with Crippen LogP contribution in [0.1, 0.15) is 13.1 Å². The standard InChI is InChI=1S/C8H8O4.Na.H/c9-6-3-1-5(2-4-6)7(10)8(11)12;;/h1-4,7,9-10H,(H,11,12);;/q;+1;-1/t7-;;/m1../s1. The number of benzene rings is 1. The van der Waals surface area contributed by atoms with Gasteiger partial charge in [0.15, 0.2) is 6.10 Å². The summed E-state index contributed by atoms with van der Waals surface area (Å²) in [6.07, 6.45) is -1.52. The van der Waals surface area contributed by atoms with Gasteiger partial charge >= 0.3 is 35.5 Å². The van der Waals surface area contributed by atoms with Crippen LogP contribution in [-0.2, 0) is 4.79 Å². The van der Waals surface area contributed by atoms with Crippen molar-refractivity contribution in [2.75, 3.05) is 0 Å². The number of phenols is 1. The van der Waals surface area contributed by atoms with Crippen LogP contribution in [0.4, 0.5) is 0 Å². The molecule has 1 aromatic rings. The van der Waals surface area contributed by atoms with Gasteiger partial charge in [-0.15, -0.1) is 0 Å². The molecule has 1 atom stereocenters. The number of aliphatic hydroxyl groups excluding tert-OH is 1. The topological polar surface area (TPSA) is 77.8 Å². The first-order chi connectivity index (χ1) is 5.61. The average molecular weight is 192 g/mol. The largest absolute Gasteiger partial charge is 1.00 e. The van der Waals surface area contributed by atoms with Gasteiger partial charge in [0.2, 0.25) is 0 Å². The summed E-state index contributed by atoms with van der Waals surface area (Å²) < 4.78 is 0. The van der Waals surface area contributed by atoms with Gasteiger partial charge in [0.1, 0.15) is 5.75 Å². The van der Waals surface area contributed by atoms with E-state index in [1.165, 1.54) is 24.3 Å². The molecule has 0 unspecified atom stereocenters. The first-order valence-corrected chi connectivity index (χ1v) is 3.31. The number of hydrogen-bond acceptors (Lipinski definition) is 3. The van der Waals surface area contributed by atoms with E-state index in [0.717, 1.165) is 0 Å². The fourth-order valence-corrected chi connectivity index (χ4v) is 0.799. The van der Waals surface area contributed by atoms with Crippen molar-refractivity contribution in [1.29, 1.82) is 0 Å². The summed E-state index contributed by atoms with van der Waals surface area (Å²) in [4.78, 5) is 10.3. The number of carboxylic acid groups (broad SMARTS) is 1. The van der Waals surface area contributed by atoms with E-state index in [0.29, 0.717) is 0 Å². The zero-order valence-electron chi connectivity index (χ0n) is 8.14. The Morgan fingerprint density at radius 3 is 2.15 bits per heavy atom. The number of carbonyl (C=O) groups is 1. The molecule has 0 spiro atoms. The minimum Gasteiger partial charge on any atom is -1.00 e. The number of aliphatic carboxylic acids is 1. The van der Waals surface area contributed by atoms with Crippen LogP contribution in [0.25, 0.3) is 0 Å². The molecule has 0 saturated carbocycles. The molecule has 5 heteroatoms. The van der Waals surface area contributed by atoms with Crippen LogP contribution in [0.3, 0.4) is 0 Å². The van der Waals surface area contributed by atoms with E-state index in [-0.39, 0.29) is 42.3 Å². The predicted octanol–water partition coefficient (Wildman–Crippen LogP) is -2.37. The molecule has 0 aliphatic carbocycles. The van der Waals surface area contributed by atoms with Gasteiger partial charge in [0.25, 0.3) is 0 Å². The second-order valence-corrected chi connectivity index (χ2v) is 2.33. The minimum absolute atomic E-state index is 0. The summed E-state index contributed by atoms with van der Waals surface area (Å²) in [5.41, 5.74) is 0.250. The van der Waals surface area contributed by atoms with Crippen molar-refractivity contribution < 1.29 is 51.1 Å². The van der Waals surface area contributed by atoms with Crippen LogP contribution in [0, 0.1) is 0 Å². The van der Waals surface area contributed by atoms with Crippen molar-refractivity contribution in [3.8, 4) is 5.75 Å². The molecule has 0 saturated heterocycles. The van der Waals surface area contributed by atoms with Gasteiger partial charge in [-0.05, 0) is 17.7 Å². The molecular formula is C8H9NaO4. The Morgan fingerprint density at radius 2 is 1.77 bits per heavy atom. The maximum atomic E-state index is 10.3. The Balaban J connectivity index is 0. The molecule has 13 heavy (non-hydrogen) atoms. The number of phenolic OH excluding ortho intramolecular Hbond substituents is 1. The van der Waals surface area contributed by atoms with Crippen LogP contribution >= 0.6 is 0 Å². The molecule has 0 aliphatic rings. The van der Waals surface area contributed by atoms with E-state index < -0.39 is 12.1 Å². The molecule has 0 heterocycles. The smallest absolute Gasteiger partial charge is 1.00 e. The molecule has 4 nitrogen and oxygen atoms in total. The summed E-state index contributed by atoms with van der Waals surface area (Å²) in [6, 6.07) is 5.35. The predicted molar refractivity (Wildman–Crippen MR) is 41.8 cm³/mol. The Hall–Kier alpha value is -0.550. The van der Waals surface area contributed by atoms with Crippen molar-refractivity contribution >= 4 is 5.97 Å². The summed E-state index contributed by atoms with van der Waals surface area (Å²) in [5.74, 6) is -1.27. The number of aliphatic hydroxyl groups is 1. The van der Waals surface area contributed by atoms with E-state index in [2.05, 4.69) is 0 Å². The van der Waals surface area contributed by atoms with Gasteiger partial charge in [-0.25, -0.2) is 4.79 Å². The van der Waals surface area contributed by atoms with Crippen LogP contribution in [-0.4, -0.2) is 21.3 Å². The third kappa shape index (κ3) is 3.36. The third-order valence-corrected chi connectivity index (χ3v) is 1.44. The number of rotatable bonds is 2. The van der Waals surface area contributed by atoms with Gasteiger partial charge in [0, 0.05) is 0 Å². The molecular weight excluding hydrogens is 183 g/mol. The second kappa shape index (κ2) is 5.24. The molecule has 0 bridgehead atoms. The minimum atomic E-state index is -1.52. The van der Waals surface area contributed by atoms with Crippen LogP contribution in [0.15, 0.2) is 24.3 Å². The summed E-state index contributed by atoms with van der Waals surface area (Å²) in [5, 5.41) is 26.2. The summed E-state index contributed by atoms with van der Waals surface area (Å²) >= 11 is 0. The van der Waals surface area contributed by atoms with Crippen LogP contribution < -0.4 is 29.6 Å². The average Bonchev–Trinajstić information content (AvgIpc) is 2.04.